The number of hydrogen-bond donors (Lipinski definition) is 0. The lowest BCUT2D eigenvalue weighted by atomic mass is 9.70. The van der Waals surface area contributed by atoms with Gasteiger partial charge in [-0.15, -0.1) is 0 Å². The van der Waals surface area contributed by atoms with Gasteiger partial charge < -0.3 is 0 Å². The van der Waals surface area contributed by atoms with E-state index in [0.717, 1.165) is 54.2 Å². The molecule has 2 aliphatic rings. The van der Waals surface area contributed by atoms with Gasteiger partial charge in [0.15, 0.2) is 11.6 Å². The predicted octanol–water partition coefficient (Wildman–Crippen LogP) is 9.29. The normalized spacial score (nSPS) is 27.3. The average Bonchev–Trinajstić information content (AvgIpc) is 2.81. The Kier molecular flexibility index (Phi) is 7.63. The molecule has 2 fully saturated rings. The minimum absolute atomic E-state index is 0.327. The van der Waals surface area contributed by atoms with Crippen molar-refractivity contribution in [1.82, 2.24) is 0 Å². The Morgan fingerprint density at radius 2 is 1.44 bits per heavy atom. The zero-order valence-corrected chi connectivity index (χ0v) is 19.6. The fourth-order valence-electron chi connectivity index (χ4n) is 6.30. The van der Waals surface area contributed by atoms with Crippen LogP contribution in [0.25, 0.3) is 11.1 Å². The smallest absolute Gasteiger partial charge is 0.159 e. The minimum Gasteiger partial charge on any atom is -0.206 e. The second-order valence-electron chi connectivity index (χ2n) is 10.5. The quantitative estimate of drug-likeness (QED) is 0.418. The number of hydrogen-bond acceptors (Lipinski definition) is 0. The summed E-state index contributed by atoms with van der Waals surface area (Å²) >= 11 is 0. The second kappa shape index (κ2) is 10.4. The summed E-state index contributed by atoms with van der Waals surface area (Å²) in [7, 11) is 0. The van der Waals surface area contributed by atoms with E-state index >= 15 is 0 Å². The Labute approximate surface area is 191 Å². The molecule has 2 aromatic rings. The van der Waals surface area contributed by atoms with E-state index < -0.39 is 11.6 Å². The maximum absolute atomic E-state index is 14.8. The highest BCUT2D eigenvalue weighted by atomic mass is 19.2. The molecule has 0 nitrogen and oxygen atoms in total. The molecule has 3 heteroatoms. The van der Waals surface area contributed by atoms with Crippen molar-refractivity contribution in [3.8, 4) is 11.1 Å². The van der Waals surface area contributed by atoms with Crippen LogP contribution >= 0.6 is 0 Å². The van der Waals surface area contributed by atoms with E-state index in [0.29, 0.717) is 17.0 Å². The van der Waals surface area contributed by atoms with Crippen LogP contribution in [0.4, 0.5) is 13.2 Å². The van der Waals surface area contributed by atoms with Crippen molar-refractivity contribution >= 4 is 0 Å². The van der Waals surface area contributed by atoms with Gasteiger partial charge in [0.1, 0.15) is 5.82 Å². The van der Waals surface area contributed by atoms with E-state index in [1.54, 1.807) is 12.1 Å². The molecule has 0 aromatic heterocycles. The van der Waals surface area contributed by atoms with Crippen LogP contribution < -0.4 is 0 Å². The standard InChI is InChI=1S/C29H37F3/c1-3-20-4-8-22(9-5-20)19(2)16-21-6-10-23(11-7-21)24-12-14-26(28(31)17-24)25-13-15-27(30)29(32)18-25/h12-15,17-23H,3-11,16H2,1-2H3. The first-order valence-electron chi connectivity index (χ1n) is 12.7. The van der Waals surface area contributed by atoms with Gasteiger partial charge in [0.05, 0.1) is 0 Å². The molecule has 2 aliphatic carbocycles. The maximum atomic E-state index is 14.8. The maximum Gasteiger partial charge on any atom is 0.159 e. The summed E-state index contributed by atoms with van der Waals surface area (Å²) < 4.78 is 41.6. The van der Waals surface area contributed by atoms with Crippen LogP contribution in [0.1, 0.15) is 89.5 Å². The van der Waals surface area contributed by atoms with Gasteiger partial charge in [-0.1, -0.05) is 51.3 Å². The van der Waals surface area contributed by atoms with Crippen LogP contribution in [0.5, 0.6) is 0 Å². The molecule has 1 atom stereocenters. The van der Waals surface area contributed by atoms with Crippen molar-refractivity contribution in [3.05, 3.63) is 59.4 Å². The van der Waals surface area contributed by atoms with E-state index in [1.807, 2.05) is 6.07 Å². The van der Waals surface area contributed by atoms with E-state index in [9.17, 15) is 13.2 Å². The lowest BCUT2D eigenvalue weighted by molar-refractivity contribution is 0.172. The average molecular weight is 443 g/mol. The SMILES string of the molecule is CCC1CCC(C(C)CC2CCC(c3ccc(-c4ccc(F)c(F)c4)c(F)c3)CC2)CC1. The molecular weight excluding hydrogens is 405 g/mol. The van der Waals surface area contributed by atoms with Gasteiger partial charge in [-0.2, -0.15) is 0 Å². The fourth-order valence-corrected chi connectivity index (χ4v) is 6.30. The van der Waals surface area contributed by atoms with Gasteiger partial charge in [-0.25, -0.2) is 13.2 Å². The molecule has 2 saturated carbocycles. The van der Waals surface area contributed by atoms with Crippen molar-refractivity contribution in [1.29, 1.82) is 0 Å². The van der Waals surface area contributed by atoms with Crippen LogP contribution in [0.15, 0.2) is 36.4 Å². The van der Waals surface area contributed by atoms with E-state index in [4.69, 9.17) is 0 Å². The summed E-state index contributed by atoms with van der Waals surface area (Å²) in [6.45, 7) is 4.80. The van der Waals surface area contributed by atoms with Crippen LogP contribution in [-0.2, 0) is 0 Å². The van der Waals surface area contributed by atoms with Crippen molar-refractivity contribution < 1.29 is 13.2 Å². The van der Waals surface area contributed by atoms with Crippen LogP contribution in [0, 0.1) is 41.1 Å². The Balaban J connectivity index is 1.31. The Morgan fingerprint density at radius 1 is 0.750 bits per heavy atom. The molecule has 0 saturated heterocycles. The lowest BCUT2D eigenvalue weighted by Crippen LogP contribution is -2.23. The molecule has 0 heterocycles. The first kappa shape index (κ1) is 23.4. The first-order chi connectivity index (χ1) is 15.4. The largest absolute Gasteiger partial charge is 0.206 e. The van der Waals surface area contributed by atoms with Crippen LogP contribution in [0.2, 0.25) is 0 Å². The summed E-state index contributed by atoms with van der Waals surface area (Å²) in [6.07, 6.45) is 13.0. The lowest BCUT2D eigenvalue weighted by Gasteiger charge is -2.35. The van der Waals surface area contributed by atoms with Gasteiger partial charge in [-0.3, -0.25) is 0 Å². The summed E-state index contributed by atoms with van der Waals surface area (Å²) in [5.41, 5.74) is 1.74. The van der Waals surface area contributed by atoms with Crippen molar-refractivity contribution in [3.63, 3.8) is 0 Å². The number of benzene rings is 2. The van der Waals surface area contributed by atoms with Crippen molar-refractivity contribution in [2.45, 2.75) is 84.0 Å². The molecule has 1 unspecified atom stereocenters. The monoisotopic (exact) mass is 442 g/mol. The van der Waals surface area contributed by atoms with E-state index in [-0.39, 0.29) is 5.82 Å². The van der Waals surface area contributed by atoms with E-state index in [1.165, 1.54) is 57.4 Å². The summed E-state index contributed by atoms with van der Waals surface area (Å²) in [5.74, 6) is 1.68. The zero-order chi connectivity index (χ0) is 22.7. The third kappa shape index (κ3) is 5.41. The van der Waals surface area contributed by atoms with Crippen LogP contribution in [0.3, 0.4) is 0 Å². The molecular formula is C29H37F3. The molecule has 32 heavy (non-hydrogen) atoms. The molecule has 174 valence electrons. The number of halogens is 3. The summed E-state index contributed by atoms with van der Waals surface area (Å²) in [4.78, 5) is 0. The minimum atomic E-state index is -0.947. The summed E-state index contributed by atoms with van der Waals surface area (Å²) in [5, 5.41) is 0. The highest BCUT2D eigenvalue weighted by Crippen LogP contribution is 2.42. The van der Waals surface area contributed by atoms with Crippen molar-refractivity contribution in [2.24, 2.45) is 23.7 Å². The topological polar surface area (TPSA) is 0 Å². The zero-order valence-electron chi connectivity index (χ0n) is 19.6. The predicted molar refractivity (Wildman–Crippen MR) is 126 cm³/mol. The Hall–Kier alpha value is -1.77. The molecule has 0 bridgehead atoms. The number of rotatable bonds is 6. The molecule has 0 radical (unpaired) electrons. The molecule has 4 rings (SSSR count). The third-order valence-electron chi connectivity index (χ3n) is 8.52. The molecule has 2 aromatic carbocycles. The van der Waals surface area contributed by atoms with Crippen LogP contribution in [-0.4, -0.2) is 0 Å². The Morgan fingerprint density at radius 3 is 2.06 bits per heavy atom. The summed E-state index contributed by atoms with van der Waals surface area (Å²) in [6, 6.07) is 8.84. The third-order valence-corrected chi connectivity index (χ3v) is 8.52. The van der Waals surface area contributed by atoms with Crippen molar-refractivity contribution in [2.75, 3.05) is 0 Å². The van der Waals surface area contributed by atoms with E-state index in [2.05, 4.69) is 13.8 Å². The highest BCUT2D eigenvalue weighted by molar-refractivity contribution is 5.64. The molecule has 0 aliphatic heterocycles. The molecule has 0 N–H and O–H groups in total. The van der Waals surface area contributed by atoms with Gasteiger partial charge in [0.2, 0.25) is 0 Å². The fraction of sp³-hybridized carbons (Fsp3) is 0.586. The highest BCUT2D eigenvalue weighted by Gasteiger charge is 2.29. The molecule has 0 spiro atoms. The first-order valence-corrected chi connectivity index (χ1v) is 12.7. The second-order valence-corrected chi connectivity index (χ2v) is 10.5. The van der Waals surface area contributed by atoms with Gasteiger partial charge in [-0.05, 0) is 104 Å². The molecule has 0 amide bonds. The van der Waals surface area contributed by atoms with Gasteiger partial charge >= 0.3 is 0 Å². The van der Waals surface area contributed by atoms with Gasteiger partial charge in [0.25, 0.3) is 0 Å². The van der Waals surface area contributed by atoms with Gasteiger partial charge in [0, 0.05) is 5.56 Å². The Bertz CT molecular complexity index is 889.